The lowest BCUT2D eigenvalue weighted by Gasteiger charge is -2.22. The van der Waals surface area contributed by atoms with Crippen LogP contribution < -0.4 is 5.32 Å². The Morgan fingerprint density at radius 2 is 1.02 bits per heavy atom. The molecule has 0 aliphatic heterocycles. The van der Waals surface area contributed by atoms with Gasteiger partial charge in [0.15, 0.2) is 0 Å². The molecule has 0 aliphatic carbocycles. The fourth-order valence-corrected chi connectivity index (χ4v) is 6.07. The molecule has 3 atom stereocenters. The van der Waals surface area contributed by atoms with E-state index < -0.39 is 40.0 Å². The van der Waals surface area contributed by atoms with Crippen molar-refractivity contribution in [2.75, 3.05) is 5.75 Å². The van der Waals surface area contributed by atoms with Crippen molar-refractivity contribution in [2.45, 2.75) is 193 Å². The zero-order chi connectivity index (χ0) is 31.3. The molecule has 0 bridgehead atoms. The van der Waals surface area contributed by atoms with Crippen molar-refractivity contribution < 1.29 is 28.0 Å². The van der Waals surface area contributed by atoms with Gasteiger partial charge in [-0.3, -0.25) is 9.35 Å². The average Bonchev–Trinajstić information content (AvgIpc) is 2.94. The lowest BCUT2D eigenvalue weighted by Crippen LogP contribution is -2.50. The molecule has 0 aromatic heterocycles. The lowest BCUT2D eigenvalue weighted by molar-refractivity contribution is -0.130. The summed E-state index contributed by atoms with van der Waals surface area (Å²) in [6, 6.07) is -1.22. The molecule has 0 rings (SSSR count). The molecule has 8 heteroatoms. The van der Waals surface area contributed by atoms with Crippen molar-refractivity contribution in [1.82, 2.24) is 5.32 Å². The summed E-state index contributed by atoms with van der Waals surface area (Å²) in [6.07, 6.45) is 30.3. The van der Waals surface area contributed by atoms with E-state index in [0.717, 1.165) is 51.4 Å². The second kappa shape index (κ2) is 28.8. The molecule has 0 radical (unpaired) electrons. The number of carbonyl (C=O) groups is 1. The summed E-state index contributed by atoms with van der Waals surface area (Å²) in [6.45, 7) is 4.39. The van der Waals surface area contributed by atoms with E-state index in [1.54, 1.807) is 6.08 Å². The Hall–Kier alpha value is -0.960. The molecule has 0 aromatic rings. The predicted molar refractivity (Wildman–Crippen MR) is 176 cm³/mol. The molecule has 0 saturated heterocycles. The summed E-state index contributed by atoms with van der Waals surface area (Å²) < 4.78 is 32.1. The molecule has 0 spiro atoms. The summed E-state index contributed by atoms with van der Waals surface area (Å²) in [4.78, 5) is 12.4. The molecular weight excluding hydrogens is 550 g/mol. The highest BCUT2D eigenvalue weighted by Crippen LogP contribution is 2.15. The van der Waals surface area contributed by atoms with Crippen LogP contribution in [0, 0.1) is 0 Å². The number of amides is 1. The van der Waals surface area contributed by atoms with Gasteiger partial charge in [-0.1, -0.05) is 167 Å². The van der Waals surface area contributed by atoms with E-state index in [1.807, 2.05) is 0 Å². The van der Waals surface area contributed by atoms with E-state index >= 15 is 0 Å². The molecule has 3 unspecified atom stereocenters. The van der Waals surface area contributed by atoms with Gasteiger partial charge in [-0.05, 0) is 19.3 Å². The number of nitrogens with one attached hydrogen (secondary N) is 1. The van der Waals surface area contributed by atoms with Crippen LogP contribution in [0.15, 0.2) is 12.2 Å². The van der Waals surface area contributed by atoms with Crippen LogP contribution in [0.1, 0.15) is 174 Å². The third-order valence-electron chi connectivity index (χ3n) is 8.07. The van der Waals surface area contributed by atoms with Crippen LogP contribution >= 0.6 is 0 Å². The lowest BCUT2D eigenvalue weighted by atomic mass is 10.0. The Balaban J connectivity index is 3.89. The number of allylic oxidation sites excluding steroid dienone is 1. The van der Waals surface area contributed by atoms with E-state index in [-0.39, 0.29) is 6.42 Å². The van der Waals surface area contributed by atoms with E-state index in [0.29, 0.717) is 6.42 Å². The Morgan fingerprint density at radius 1 is 0.643 bits per heavy atom. The van der Waals surface area contributed by atoms with Gasteiger partial charge in [-0.2, -0.15) is 8.42 Å². The second-order valence-corrected chi connectivity index (χ2v) is 13.8. The van der Waals surface area contributed by atoms with Crippen LogP contribution in [-0.4, -0.2) is 53.1 Å². The summed E-state index contributed by atoms with van der Waals surface area (Å²) in [5.74, 6) is -1.53. The molecule has 4 N–H and O–H groups in total. The quantitative estimate of drug-likeness (QED) is 0.0352. The van der Waals surface area contributed by atoms with Gasteiger partial charge in [-0.25, -0.2) is 0 Å². The number of aliphatic hydroxyl groups excluding tert-OH is 2. The van der Waals surface area contributed by atoms with Crippen molar-refractivity contribution in [1.29, 1.82) is 0 Å². The Morgan fingerprint density at radius 3 is 1.43 bits per heavy atom. The van der Waals surface area contributed by atoms with Gasteiger partial charge < -0.3 is 15.5 Å². The number of hydrogen-bond acceptors (Lipinski definition) is 5. The normalized spacial score (nSPS) is 14.3. The Bertz CT molecular complexity index is 742. The van der Waals surface area contributed by atoms with Gasteiger partial charge in [0.05, 0.1) is 17.9 Å². The highest BCUT2D eigenvalue weighted by Gasteiger charge is 2.27. The van der Waals surface area contributed by atoms with Crippen molar-refractivity contribution in [3.05, 3.63) is 12.2 Å². The highest BCUT2D eigenvalue weighted by molar-refractivity contribution is 7.85. The molecule has 0 aromatic carbocycles. The third kappa shape index (κ3) is 27.8. The predicted octanol–water partition coefficient (Wildman–Crippen LogP) is 8.43. The van der Waals surface area contributed by atoms with Crippen LogP contribution in [-0.2, 0) is 14.9 Å². The van der Waals surface area contributed by atoms with Crippen LogP contribution in [0.3, 0.4) is 0 Å². The molecule has 42 heavy (non-hydrogen) atoms. The van der Waals surface area contributed by atoms with E-state index in [2.05, 4.69) is 19.2 Å². The van der Waals surface area contributed by atoms with Gasteiger partial charge >= 0.3 is 0 Å². The topological polar surface area (TPSA) is 124 Å². The zero-order valence-corrected chi connectivity index (χ0v) is 28.1. The molecule has 250 valence electrons. The minimum Gasteiger partial charge on any atom is -0.387 e. The first kappa shape index (κ1) is 41.0. The van der Waals surface area contributed by atoms with Crippen LogP contribution in [0.2, 0.25) is 0 Å². The standard InChI is InChI=1S/C34H67NO6S/c1-3-5-7-9-11-12-13-14-15-16-17-18-19-20-21-22-23-25-27-29-33(37)34(38)35-31(30-42(39,40)41)32(36)28-26-24-10-8-6-4-2/h26,28,31-33,36-37H,3-25,27,29-30H2,1-2H3,(H,35,38)(H,39,40,41)/b28-26+. The highest BCUT2D eigenvalue weighted by atomic mass is 32.2. The van der Waals surface area contributed by atoms with Gasteiger partial charge in [0.25, 0.3) is 10.1 Å². The van der Waals surface area contributed by atoms with Crippen molar-refractivity contribution in [2.24, 2.45) is 0 Å². The largest absolute Gasteiger partial charge is 0.387 e. The maximum atomic E-state index is 12.4. The SMILES string of the molecule is CCCCCC/C=C/C(O)C(CS(=O)(=O)O)NC(=O)C(O)CCCCCCCCCCCCCCCCCCCCC. The van der Waals surface area contributed by atoms with Crippen LogP contribution in [0.25, 0.3) is 0 Å². The summed E-state index contributed by atoms with van der Waals surface area (Å²) in [5, 5.41) is 23.1. The van der Waals surface area contributed by atoms with E-state index in [1.165, 1.54) is 102 Å². The monoisotopic (exact) mass is 617 g/mol. The van der Waals surface area contributed by atoms with Gasteiger partial charge in [-0.15, -0.1) is 0 Å². The first-order valence-corrected chi connectivity index (χ1v) is 19.1. The van der Waals surface area contributed by atoms with E-state index in [9.17, 15) is 28.0 Å². The van der Waals surface area contributed by atoms with Gasteiger partial charge in [0, 0.05) is 0 Å². The smallest absolute Gasteiger partial charge is 0.267 e. The summed E-state index contributed by atoms with van der Waals surface area (Å²) in [5.41, 5.74) is 0. The maximum Gasteiger partial charge on any atom is 0.267 e. The molecule has 0 heterocycles. The van der Waals surface area contributed by atoms with Crippen molar-refractivity contribution >= 4 is 16.0 Å². The number of hydrogen-bond donors (Lipinski definition) is 4. The van der Waals surface area contributed by atoms with Gasteiger partial charge in [0.1, 0.15) is 6.10 Å². The molecule has 7 nitrogen and oxygen atoms in total. The molecule has 0 fully saturated rings. The fraction of sp³-hybridized carbons (Fsp3) is 0.912. The minimum absolute atomic E-state index is 0.284. The minimum atomic E-state index is -4.42. The summed E-state index contributed by atoms with van der Waals surface area (Å²) in [7, 11) is -4.42. The van der Waals surface area contributed by atoms with E-state index in [4.69, 9.17) is 0 Å². The van der Waals surface area contributed by atoms with Crippen molar-refractivity contribution in [3.63, 3.8) is 0 Å². The number of carbonyl (C=O) groups excluding carboxylic acids is 1. The zero-order valence-electron chi connectivity index (χ0n) is 27.2. The Labute approximate surface area is 259 Å². The first-order chi connectivity index (χ1) is 20.2. The van der Waals surface area contributed by atoms with Crippen molar-refractivity contribution in [3.8, 4) is 0 Å². The van der Waals surface area contributed by atoms with Crippen LogP contribution in [0.5, 0.6) is 0 Å². The second-order valence-electron chi connectivity index (χ2n) is 12.3. The maximum absolute atomic E-state index is 12.4. The number of rotatable bonds is 31. The third-order valence-corrected chi connectivity index (χ3v) is 8.85. The van der Waals surface area contributed by atoms with Gasteiger partial charge in [0.2, 0.25) is 5.91 Å². The fourth-order valence-electron chi connectivity index (χ4n) is 5.34. The molecule has 0 aliphatic rings. The first-order valence-electron chi connectivity index (χ1n) is 17.5. The number of aliphatic hydroxyl groups is 2. The Kier molecular flexibility index (Phi) is 28.1. The average molecular weight is 618 g/mol. The molecule has 0 saturated carbocycles. The number of unbranched alkanes of at least 4 members (excludes halogenated alkanes) is 22. The summed E-state index contributed by atoms with van der Waals surface area (Å²) >= 11 is 0. The van der Waals surface area contributed by atoms with Crippen LogP contribution in [0.4, 0.5) is 0 Å². The molecule has 1 amide bonds. The molecular formula is C34H67NO6S.